The van der Waals surface area contributed by atoms with E-state index in [1.165, 1.54) is 38.5 Å². The predicted molar refractivity (Wildman–Crippen MR) is 50.6 cm³/mol. The molecule has 0 amide bonds. The van der Waals surface area contributed by atoms with Crippen LogP contribution in [-0.4, -0.2) is 0 Å². The summed E-state index contributed by atoms with van der Waals surface area (Å²) >= 11 is 0. The zero-order valence-electron chi connectivity index (χ0n) is 7.26. The van der Waals surface area contributed by atoms with E-state index in [0.717, 1.165) is 6.42 Å². The molecule has 0 saturated carbocycles. The molecule has 0 aliphatic heterocycles. The van der Waals surface area contributed by atoms with Crippen molar-refractivity contribution in [3.8, 4) is 0 Å². The molecule has 0 atom stereocenters. The second-order valence-corrected chi connectivity index (χ2v) is 3.17. The molecule has 1 rings (SSSR count). The summed E-state index contributed by atoms with van der Waals surface area (Å²) in [4.78, 5) is 0. The van der Waals surface area contributed by atoms with Crippen LogP contribution in [0.2, 0.25) is 0 Å². The first-order chi connectivity index (χ1) is 5.50. The van der Waals surface area contributed by atoms with Gasteiger partial charge in [-0.05, 0) is 32.1 Å². The zero-order valence-corrected chi connectivity index (χ0v) is 7.26. The Balaban J connectivity index is 2.22. The van der Waals surface area contributed by atoms with Crippen LogP contribution in [0.3, 0.4) is 0 Å². The Hall–Kier alpha value is -0.520. The maximum Gasteiger partial charge on any atom is -0.0169 e. The van der Waals surface area contributed by atoms with E-state index in [4.69, 9.17) is 0 Å². The molecule has 0 unspecified atom stereocenters. The van der Waals surface area contributed by atoms with E-state index in [1.54, 1.807) is 0 Å². The van der Waals surface area contributed by atoms with Crippen LogP contribution in [0.15, 0.2) is 24.3 Å². The van der Waals surface area contributed by atoms with Crippen molar-refractivity contribution in [2.75, 3.05) is 0 Å². The molecular formula is C11H18. The van der Waals surface area contributed by atoms with E-state index >= 15 is 0 Å². The molecule has 62 valence electrons. The van der Waals surface area contributed by atoms with Crippen LogP contribution in [-0.2, 0) is 0 Å². The van der Waals surface area contributed by atoms with Crippen LogP contribution in [0, 0.1) is 0 Å². The summed E-state index contributed by atoms with van der Waals surface area (Å²) in [6, 6.07) is 0. The number of allylic oxidation sites excluding steroid dienone is 4. The summed E-state index contributed by atoms with van der Waals surface area (Å²) in [6.07, 6.45) is 18.5. The predicted octanol–water partition coefficient (Wildman–Crippen LogP) is 3.84. The minimum absolute atomic E-state index is 1.14. The summed E-state index contributed by atoms with van der Waals surface area (Å²) in [7, 11) is 0. The lowest BCUT2D eigenvalue weighted by atomic mass is 10.1. The highest BCUT2D eigenvalue weighted by atomic mass is 13.9. The molecule has 1 aliphatic carbocycles. The van der Waals surface area contributed by atoms with E-state index in [9.17, 15) is 0 Å². The first-order valence-electron chi connectivity index (χ1n) is 4.80. The molecule has 0 spiro atoms. The first kappa shape index (κ1) is 8.58. The van der Waals surface area contributed by atoms with Crippen LogP contribution in [0.5, 0.6) is 0 Å². The van der Waals surface area contributed by atoms with Crippen LogP contribution in [0.25, 0.3) is 0 Å². The molecule has 1 aliphatic rings. The first-order valence-corrected chi connectivity index (χ1v) is 4.80. The van der Waals surface area contributed by atoms with Crippen molar-refractivity contribution >= 4 is 0 Å². The van der Waals surface area contributed by atoms with Crippen LogP contribution < -0.4 is 0 Å². The van der Waals surface area contributed by atoms with E-state index in [1.807, 2.05) is 0 Å². The van der Waals surface area contributed by atoms with Gasteiger partial charge in [0, 0.05) is 0 Å². The highest BCUT2D eigenvalue weighted by Crippen LogP contribution is 2.08. The third kappa shape index (κ3) is 4.83. The molecule has 0 heterocycles. The van der Waals surface area contributed by atoms with Gasteiger partial charge in [-0.25, -0.2) is 0 Å². The molecule has 0 fully saturated rings. The second-order valence-electron chi connectivity index (χ2n) is 3.17. The summed E-state index contributed by atoms with van der Waals surface area (Å²) in [5.74, 6) is 0. The van der Waals surface area contributed by atoms with Gasteiger partial charge in [0.25, 0.3) is 0 Å². The average Bonchev–Trinajstić information content (AvgIpc) is 2.08. The molecule has 0 saturated heterocycles. The van der Waals surface area contributed by atoms with Gasteiger partial charge in [-0.3, -0.25) is 0 Å². The Labute approximate surface area is 70.0 Å². The minimum atomic E-state index is 1.14. The van der Waals surface area contributed by atoms with Crippen LogP contribution in [0.1, 0.15) is 44.9 Å². The van der Waals surface area contributed by atoms with Gasteiger partial charge >= 0.3 is 0 Å². The Morgan fingerprint density at radius 2 is 1.09 bits per heavy atom. The molecule has 0 nitrogen and oxygen atoms in total. The molecule has 0 aromatic rings. The zero-order chi connectivity index (χ0) is 7.78. The van der Waals surface area contributed by atoms with Gasteiger partial charge in [0.05, 0.1) is 0 Å². The smallest absolute Gasteiger partial charge is 0.0169 e. The van der Waals surface area contributed by atoms with Gasteiger partial charge in [-0.2, -0.15) is 0 Å². The third-order valence-corrected chi connectivity index (χ3v) is 2.10. The van der Waals surface area contributed by atoms with Gasteiger partial charge in [-0.15, -0.1) is 0 Å². The maximum absolute atomic E-state index is 2.32. The summed E-state index contributed by atoms with van der Waals surface area (Å²) in [5.41, 5.74) is 0. The van der Waals surface area contributed by atoms with E-state index in [0.29, 0.717) is 0 Å². The SMILES string of the molecule is C1=C\CCCCCC/C=C\C/1. The lowest BCUT2D eigenvalue weighted by molar-refractivity contribution is 0.653. The Morgan fingerprint density at radius 1 is 0.545 bits per heavy atom. The summed E-state index contributed by atoms with van der Waals surface area (Å²) < 4.78 is 0. The van der Waals surface area contributed by atoms with Gasteiger partial charge < -0.3 is 0 Å². The Morgan fingerprint density at radius 3 is 1.64 bits per heavy atom. The number of hydrogen-bond acceptors (Lipinski definition) is 0. The average molecular weight is 150 g/mol. The Bertz CT molecular complexity index is 115. The van der Waals surface area contributed by atoms with Gasteiger partial charge in [0.15, 0.2) is 0 Å². The second kappa shape index (κ2) is 6.21. The fourth-order valence-corrected chi connectivity index (χ4v) is 1.38. The Kier molecular flexibility index (Phi) is 4.84. The monoisotopic (exact) mass is 150 g/mol. The third-order valence-electron chi connectivity index (χ3n) is 2.10. The normalized spacial score (nSPS) is 26.9. The van der Waals surface area contributed by atoms with E-state index in [2.05, 4.69) is 24.3 Å². The highest BCUT2D eigenvalue weighted by molar-refractivity contribution is 4.93. The van der Waals surface area contributed by atoms with Crippen molar-refractivity contribution < 1.29 is 0 Å². The van der Waals surface area contributed by atoms with Crippen molar-refractivity contribution in [2.24, 2.45) is 0 Å². The van der Waals surface area contributed by atoms with Crippen molar-refractivity contribution in [3.63, 3.8) is 0 Å². The largest absolute Gasteiger partial charge is 0.0882 e. The molecule has 0 aromatic heterocycles. The standard InChI is InChI=1S/C11H18/c1-2-4-6-8-10-11-9-7-5-3-1/h1-2,5,7H,3-4,6,8-11H2/b2-1-,7-5-. The fraction of sp³-hybridized carbons (Fsp3) is 0.636. The van der Waals surface area contributed by atoms with E-state index in [-0.39, 0.29) is 0 Å². The summed E-state index contributed by atoms with van der Waals surface area (Å²) in [5, 5.41) is 0. The lowest BCUT2D eigenvalue weighted by Gasteiger charge is -1.95. The number of rotatable bonds is 0. The number of hydrogen-bond donors (Lipinski definition) is 0. The topological polar surface area (TPSA) is 0 Å². The van der Waals surface area contributed by atoms with Gasteiger partial charge in [0.2, 0.25) is 0 Å². The minimum Gasteiger partial charge on any atom is -0.0882 e. The van der Waals surface area contributed by atoms with Crippen LogP contribution >= 0.6 is 0 Å². The van der Waals surface area contributed by atoms with Crippen molar-refractivity contribution in [1.82, 2.24) is 0 Å². The quantitative estimate of drug-likeness (QED) is 0.460. The molecule has 0 radical (unpaired) electrons. The highest BCUT2D eigenvalue weighted by Gasteiger charge is 1.88. The lowest BCUT2D eigenvalue weighted by Crippen LogP contribution is -1.75. The molecule has 11 heavy (non-hydrogen) atoms. The molecule has 0 N–H and O–H groups in total. The van der Waals surface area contributed by atoms with Crippen LogP contribution in [0.4, 0.5) is 0 Å². The molecule has 0 aromatic carbocycles. The van der Waals surface area contributed by atoms with Gasteiger partial charge in [-0.1, -0.05) is 37.1 Å². The van der Waals surface area contributed by atoms with E-state index < -0.39 is 0 Å². The van der Waals surface area contributed by atoms with Crippen molar-refractivity contribution in [2.45, 2.75) is 44.9 Å². The van der Waals surface area contributed by atoms with Crippen molar-refractivity contribution in [3.05, 3.63) is 24.3 Å². The fourth-order valence-electron chi connectivity index (χ4n) is 1.38. The molecule has 0 bridgehead atoms. The van der Waals surface area contributed by atoms with Gasteiger partial charge in [0.1, 0.15) is 0 Å². The molecular weight excluding hydrogens is 132 g/mol. The molecule has 0 heteroatoms. The maximum atomic E-state index is 2.32. The summed E-state index contributed by atoms with van der Waals surface area (Å²) in [6.45, 7) is 0. The van der Waals surface area contributed by atoms with Crippen molar-refractivity contribution in [1.29, 1.82) is 0 Å².